The Kier molecular flexibility index (Phi) is 7.86. The Labute approximate surface area is 115 Å². The second kappa shape index (κ2) is 9.53. The van der Waals surface area contributed by atoms with Crippen LogP contribution >= 0.6 is 0 Å². The maximum absolute atomic E-state index is 11.9. The Morgan fingerprint density at radius 3 is 2.58 bits per heavy atom. The SMILES string of the molecule is CCCOc1ccc(C(=O)CNCCCOC)cc1. The van der Waals surface area contributed by atoms with Gasteiger partial charge in [-0.1, -0.05) is 6.92 Å². The van der Waals surface area contributed by atoms with Crippen LogP contribution in [0.15, 0.2) is 24.3 Å². The van der Waals surface area contributed by atoms with Crippen LogP contribution in [-0.2, 0) is 4.74 Å². The fourth-order valence-corrected chi connectivity index (χ4v) is 1.60. The molecule has 4 heteroatoms. The van der Waals surface area contributed by atoms with Crippen LogP contribution in [0.25, 0.3) is 0 Å². The summed E-state index contributed by atoms with van der Waals surface area (Å²) in [6, 6.07) is 7.30. The van der Waals surface area contributed by atoms with Crippen LogP contribution in [0.4, 0.5) is 0 Å². The van der Waals surface area contributed by atoms with Gasteiger partial charge in [-0.25, -0.2) is 0 Å². The van der Waals surface area contributed by atoms with Gasteiger partial charge in [0.25, 0.3) is 0 Å². The lowest BCUT2D eigenvalue weighted by atomic mass is 10.1. The number of hydrogen-bond donors (Lipinski definition) is 1. The molecule has 1 rings (SSSR count). The molecule has 1 aromatic rings. The van der Waals surface area contributed by atoms with Crippen molar-refractivity contribution in [2.24, 2.45) is 0 Å². The summed E-state index contributed by atoms with van der Waals surface area (Å²) in [5, 5.41) is 3.11. The molecule has 1 aromatic carbocycles. The number of ether oxygens (including phenoxy) is 2. The molecule has 0 aliphatic heterocycles. The third-order valence-electron chi connectivity index (χ3n) is 2.64. The van der Waals surface area contributed by atoms with Gasteiger partial charge in [0, 0.05) is 19.3 Å². The summed E-state index contributed by atoms with van der Waals surface area (Å²) in [5.74, 6) is 0.908. The van der Waals surface area contributed by atoms with Crippen LogP contribution in [0.5, 0.6) is 5.75 Å². The Morgan fingerprint density at radius 2 is 1.95 bits per heavy atom. The quantitative estimate of drug-likeness (QED) is 0.521. The standard InChI is InChI=1S/C15H23NO3/c1-3-10-19-14-7-5-13(6-8-14)15(17)12-16-9-4-11-18-2/h5-8,16H,3-4,9-12H2,1-2H3. The molecule has 0 aromatic heterocycles. The number of rotatable bonds is 10. The van der Waals surface area contributed by atoms with E-state index in [1.807, 2.05) is 24.3 Å². The van der Waals surface area contributed by atoms with Crippen LogP contribution in [0, 0.1) is 0 Å². The van der Waals surface area contributed by atoms with Gasteiger partial charge in [0.15, 0.2) is 5.78 Å². The number of methoxy groups -OCH3 is 1. The third kappa shape index (κ3) is 6.36. The number of carbonyl (C=O) groups is 1. The number of ketones is 1. The molecule has 0 atom stereocenters. The minimum atomic E-state index is 0.0967. The van der Waals surface area contributed by atoms with E-state index in [0.29, 0.717) is 25.3 Å². The van der Waals surface area contributed by atoms with Crippen molar-refractivity contribution in [3.8, 4) is 5.75 Å². The van der Waals surface area contributed by atoms with Gasteiger partial charge >= 0.3 is 0 Å². The summed E-state index contributed by atoms with van der Waals surface area (Å²) < 4.78 is 10.4. The van der Waals surface area contributed by atoms with Crippen molar-refractivity contribution >= 4 is 5.78 Å². The predicted molar refractivity (Wildman–Crippen MR) is 75.9 cm³/mol. The fourth-order valence-electron chi connectivity index (χ4n) is 1.60. The zero-order valence-corrected chi connectivity index (χ0v) is 11.8. The lowest BCUT2D eigenvalue weighted by Gasteiger charge is -2.06. The van der Waals surface area contributed by atoms with Crippen LogP contribution < -0.4 is 10.1 Å². The number of carbonyl (C=O) groups excluding carboxylic acids is 1. The molecule has 0 heterocycles. The van der Waals surface area contributed by atoms with E-state index in [1.165, 1.54) is 0 Å². The number of Topliss-reactive ketones (excluding diaryl/α,β-unsaturated/α-hetero) is 1. The van der Waals surface area contributed by atoms with Crippen molar-refractivity contribution in [1.82, 2.24) is 5.32 Å². The van der Waals surface area contributed by atoms with Gasteiger partial charge in [-0.2, -0.15) is 0 Å². The number of nitrogens with one attached hydrogen (secondary N) is 1. The van der Waals surface area contributed by atoms with Gasteiger partial charge in [0.05, 0.1) is 13.2 Å². The molecule has 106 valence electrons. The van der Waals surface area contributed by atoms with Crippen LogP contribution in [0.3, 0.4) is 0 Å². The highest BCUT2D eigenvalue weighted by molar-refractivity contribution is 5.97. The maximum atomic E-state index is 11.9. The molecule has 0 aliphatic rings. The van der Waals surface area contributed by atoms with Crippen molar-refractivity contribution in [2.75, 3.05) is 33.4 Å². The summed E-state index contributed by atoms with van der Waals surface area (Å²) in [4.78, 5) is 11.9. The summed E-state index contributed by atoms with van der Waals surface area (Å²) in [7, 11) is 1.67. The monoisotopic (exact) mass is 265 g/mol. The minimum Gasteiger partial charge on any atom is -0.494 e. The van der Waals surface area contributed by atoms with Gasteiger partial charge in [-0.05, 0) is 43.7 Å². The Balaban J connectivity index is 2.32. The van der Waals surface area contributed by atoms with E-state index in [1.54, 1.807) is 7.11 Å². The third-order valence-corrected chi connectivity index (χ3v) is 2.64. The summed E-state index contributed by atoms with van der Waals surface area (Å²) in [6.07, 6.45) is 1.89. The molecule has 0 amide bonds. The second-order valence-electron chi connectivity index (χ2n) is 4.32. The lowest BCUT2D eigenvalue weighted by Crippen LogP contribution is -2.24. The van der Waals surface area contributed by atoms with Gasteiger partial charge in [0.2, 0.25) is 0 Å². The largest absolute Gasteiger partial charge is 0.494 e. The Morgan fingerprint density at radius 1 is 1.21 bits per heavy atom. The first-order chi connectivity index (χ1) is 9.27. The molecule has 0 saturated heterocycles. The van der Waals surface area contributed by atoms with Gasteiger partial charge in [0.1, 0.15) is 5.75 Å². The van der Waals surface area contributed by atoms with Crippen molar-refractivity contribution in [2.45, 2.75) is 19.8 Å². The van der Waals surface area contributed by atoms with Gasteiger partial charge < -0.3 is 14.8 Å². The van der Waals surface area contributed by atoms with E-state index in [4.69, 9.17) is 9.47 Å². The van der Waals surface area contributed by atoms with Crippen LogP contribution in [-0.4, -0.2) is 39.2 Å². The zero-order chi connectivity index (χ0) is 13.9. The van der Waals surface area contributed by atoms with Crippen molar-refractivity contribution in [3.05, 3.63) is 29.8 Å². The molecule has 0 bridgehead atoms. The van der Waals surface area contributed by atoms with Gasteiger partial charge in [-0.15, -0.1) is 0 Å². The van der Waals surface area contributed by atoms with E-state index in [-0.39, 0.29) is 5.78 Å². The lowest BCUT2D eigenvalue weighted by molar-refractivity contribution is 0.0990. The predicted octanol–water partition coefficient (Wildman–Crippen LogP) is 2.28. The average molecular weight is 265 g/mol. The molecule has 0 aliphatic carbocycles. The van der Waals surface area contributed by atoms with Crippen molar-refractivity contribution in [3.63, 3.8) is 0 Å². The Hall–Kier alpha value is -1.39. The summed E-state index contributed by atoms with van der Waals surface area (Å²) in [6.45, 7) is 4.63. The first kappa shape index (κ1) is 15.7. The average Bonchev–Trinajstić information content (AvgIpc) is 2.45. The van der Waals surface area contributed by atoms with E-state index >= 15 is 0 Å². The fraction of sp³-hybridized carbons (Fsp3) is 0.533. The maximum Gasteiger partial charge on any atom is 0.176 e. The van der Waals surface area contributed by atoms with E-state index in [2.05, 4.69) is 12.2 Å². The van der Waals surface area contributed by atoms with E-state index < -0.39 is 0 Å². The smallest absolute Gasteiger partial charge is 0.176 e. The van der Waals surface area contributed by atoms with Crippen molar-refractivity contribution < 1.29 is 14.3 Å². The van der Waals surface area contributed by atoms with E-state index in [0.717, 1.165) is 25.1 Å². The first-order valence-electron chi connectivity index (χ1n) is 6.73. The summed E-state index contributed by atoms with van der Waals surface area (Å²) in [5.41, 5.74) is 0.711. The van der Waals surface area contributed by atoms with Crippen LogP contribution in [0.2, 0.25) is 0 Å². The topological polar surface area (TPSA) is 47.6 Å². The molecule has 0 spiro atoms. The Bertz CT molecular complexity index is 362. The molecule has 0 unspecified atom stereocenters. The molecule has 0 fully saturated rings. The molecule has 4 nitrogen and oxygen atoms in total. The number of hydrogen-bond acceptors (Lipinski definition) is 4. The number of benzene rings is 1. The molecular formula is C15H23NO3. The highest BCUT2D eigenvalue weighted by Crippen LogP contribution is 2.12. The zero-order valence-electron chi connectivity index (χ0n) is 11.8. The molecular weight excluding hydrogens is 242 g/mol. The highest BCUT2D eigenvalue weighted by atomic mass is 16.5. The molecule has 0 radical (unpaired) electrons. The summed E-state index contributed by atoms with van der Waals surface area (Å²) >= 11 is 0. The second-order valence-corrected chi connectivity index (χ2v) is 4.32. The van der Waals surface area contributed by atoms with E-state index in [9.17, 15) is 4.79 Å². The van der Waals surface area contributed by atoms with Crippen molar-refractivity contribution in [1.29, 1.82) is 0 Å². The molecule has 19 heavy (non-hydrogen) atoms. The highest BCUT2D eigenvalue weighted by Gasteiger charge is 2.05. The first-order valence-corrected chi connectivity index (χ1v) is 6.73. The molecule has 0 saturated carbocycles. The normalized spacial score (nSPS) is 10.4. The minimum absolute atomic E-state index is 0.0967. The van der Waals surface area contributed by atoms with Gasteiger partial charge in [-0.3, -0.25) is 4.79 Å². The van der Waals surface area contributed by atoms with Crippen LogP contribution in [0.1, 0.15) is 30.1 Å². The molecule has 1 N–H and O–H groups in total.